The van der Waals surface area contributed by atoms with Crippen LogP contribution in [0.2, 0.25) is 0 Å². The van der Waals surface area contributed by atoms with E-state index in [9.17, 15) is 9.59 Å². The lowest BCUT2D eigenvalue weighted by Crippen LogP contribution is -2.37. The number of rotatable bonds is 4. The maximum absolute atomic E-state index is 12.1. The minimum Gasteiger partial charge on any atom is -0.449 e. The maximum atomic E-state index is 12.1. The first-order valence-electron chi connectivity index (χ1n) is 7.26. The highest BCUT2D eigenvalue weighted by atomic mass is 16.5. The Morgan fingerprint density at radius 3 is 2.75 bits per heavy atom. The Labute approximate surface area is 118 Å². The SMILES string of the molecule is CC(OC(=O)c1ccc2c(c1)CCC2)C(=O)NC1CC1. The molecule has 1 atom stereocenters. The number of nitrogens with one attached hydrogen (secondary N) is 1. The Kier molecular flexibility index (Phi) is 3.47. The van der Waals surface area contributed by atoms with Crippen LogP contribution in [0, 0.1) is 0 Å². The minimum absolute atomic E-state index is 0.206. The molecule has 1 fully saturated rings. The molecule has 1 unspecified atom stereocenters. The molecule has 0 radical (unpaired) electrons. The van der Waals surface area contributed by atoms with Crippen molar-refractivity contribution in [1.82, 2.24) is 5.32 Å². The number of ether oxygens (including phenoxy) is 1. The number of fused-ring (bicyclic) bond motifs is 1. The van der Waals surface area contributed by atoms with E-state index in [1.807, 2.05) is 12.1 Å². The number of amides is 1. The van der Waals surface area contributed by atoms with Crippen molar-refractivity contribution in [2.24, 2.45) is 0 Å². The summed E-state index contributed by atoms with van der Waals surface area (Å²) in [5, 5.41) is 2.84. The van der Waals surface area contributed by atoms with Gasteiger partial charge in [-0.3, -0.25) is 4.79 Å². The van der Waals surface area contributed by atoms with Gasteiger partial charge in [0.15, 0.2) is 6.10 Å². The Morgan fingerprint density at radius 1 is 1.25 bits per heavy atom. The number of benzene rings is 1. The third-order valence-electron chi connectivity index (χ3n) is 3.91. The summed E-state index contributed by atoms with van der Waals surface area (Å²) >= 11 is 0. The van der Waals surface area contributed by atoms with Crippen molar-refractivity contribution < 1.29 is 14.3 Å². The predicted octanol–water partition coefficient (Wildman–Crippen LogP) is 2.00. The van der Waals surface area contributed by atoms with Crippen molar-refractivity contribution in [2.45, 2.75) is 51.2 Å². The molecule has 0 aliphatic heterocycles. The summed E-state index contributed by atoms with van der Waals surface area (Å²) in [6.07, 6.45) is 4.57. The first-order valence-corrected chi connectivity index (χ1v) is 7.26. The highest BCUT2D eigenvalue weighted by Crippen LogP contribution is 2.23. The zero-order chi connectivity index (χ0) is 14.1. The lowest BCUT2D eigenvalue weighted by Gasteiger charge is -2.13. The molecule has 106 valence electrons. The first kappa shape index (κ1) is 13.2. The minimum atomic E-state index is -0.739. The van der Waals surface area contributed by atoms with Crippen LogP contribution in [0.3, 0.4) is 0 Å². The van der Waals surface area contributed by atoms with Gasteiger partial charge < -0.3 is 10.1 Å². The molecule has 1 N–H and O–H groups in total. The van der Waals surface area contributed by atoms with Gasteiger partial charge in [-0.2, -0.15) is 0 Å². The van der Waals surface area contributed by atoms with Crippen LogP contribution in [-0.4, -0.2) is 24.0 Å². The highest BCUT2D eigenvalue weighted by Gasteiger charge is 2.27. The zero-order valence-electron chi connectivity index (χ0n) is 11.6. The summed E-state index contributed by atoms with van der Waals surface area (Å²) < 4.78 is 5.24. The van der Waals surface area contributed by atoms with E-state index in [0.29, 0.717) is 5.56 Å². The van der Waals surface area contributed by atoms with Crippen LogP contribution in [-0.2, 0) is 22.4 Å². The summed E-state index contributed by atoms with van der Waals surface area (Å²) in [6.45, 7) is 1.61. The molecule has 1 saturated carbocycles. The molecular formula is C16H19NO3. The average Bonchev–Trinajstić information content (AvgIpc) is 3.12. The molecule has 1 aromatic carbocycles. The molecule has 0 saturated heterocycles. The summed E-state index contributed by atoms with van der Waals surface area (Å²) in [4.78, 5) is 23.8. The lowest BCUT2D eigenvalue weighted by atomic mass is 10.1. The van der Waals surface area contributed by atoms with Crippen LogP contribution < -0.4 is 5.32 Å². The van der Waals surface area contributed by atoms with Gasteiger partial charge in [-0.15, -0.1) is 0 Å². The summed E-state index contributed by atoms with van der Waals surface area (Å²) in [6, 6.07) is 5.96. The number of esters is 1. The smallest absolute Gasteiger partial charge is 0.338 e. The second-order valence-corrected chi connectivity index (χ2v) is 5.67. The summed E-state index contributed by atoms with van der Waals surface area (Å²) in [5.74, 6) is -0.625. The van der Waals surface area contributed by atoms with Gasteiger partial charge in [0.1, 0.15) is 0 Å². The zero-order valence-corrected chi connectivity index (χ0v) is 11.6. The Morgan fingerprint density at radius 2 is 2.00 bits per heavy atom. The summed E-state index contributed by atoms with van der Waals surface area (Å²) in [5.41, 5.74) is 3.09. The molecule has 4 nitrogen and oxygen atoms in total. The molecule has 1 amide bonds. The molecule has 0 aromatic heterocycles. The van der Waals surface area contributed by atoms with Crippen LogP contribution in [0.15, 0.2) is 18.2 Å². The van der Waals surface area contributed by atoms with E-state index in [2.05, 4.69) is 5.32 Å². The van der Waals surface area contributed by atoms with Crippen LogP contribution >= 0.6 is 0 Å². The van der Waals surface area contributed by atoms with Gasteiger partial charge in [0.25, 0.3) is 5.91 Å². The van der Waals surface area contributed by atoms with E-state index in [4.69, 9.17) is 4.74 Å². The second kappa shape index (κ2) is 5.27. The van der Waals surface area contributed by atoms with E-state index in [-0.39, 0.29) is 11.9 Å². The van der Waals surface area contributed by atoms with Crippen molar-refractivity contribution in [3.05, 3.63) is 34.9 Å². The van der Waals surface area contributed by atoms with Gasteiger partial charge in [0.05, 0.1) is 5.56 Å². The lowest BCUT2D eigenvalue weighted by molar-refractivity contribution is -0.129. The van der Waals surface area contributed by atoms with Crippen LogP contribution in [0.4, 0.5) is 0 Å². The van der Waals surface area contributed by atoms with Gasteiger partial charge in [-0.25, -0.2) is 4.79 Å². The third-order valence-corrected chi connectivity index (χ3v) is 3.91. The van der Waals surface area contributed by atoms with Gasteiger partial charge in [-0.05, 0) is 62.3 Å². The molecule has 0 heterocycles. The second-order valence-electron chi connectivity index (χ2n) is 5.67. The van der Waals surface area contributed by atoms with E-state index in [1.165, 1.54) is 11.1 Å². The van der Waals surface area contributed by atoms with Gasteiger partial charge in [0, 0.05) is 6.04 Å². The van der Waals surface area contributed by atoms with Crippen molar-refractivity contribution >= 4 is 11.9 Å². The van der Waals surface area contributed by atoms with Crippen molar-refractivity contribution in [1.29, 1.82) is 0 Å². The number of carbonyl (C=O) groups is 2. The first-order chi connectivity index (χ1) is 9.63. The molecule has 2 aliphatic carbocycles. The van der Waals surface area contributed by atoms with Gasteiger partial charge >= 0.3 is 5.97 Å². The molecule has 0 spiro atoms. The Balaban J connectivity index is 1.61. The molecule has 1 aromatic rings. The Hall–Kier alpha value is -1.84. The quantitative estimate of drug-likeness (QED) is 0.854. The number of aryl methyl sites for hydroxylation is 2. The van der Waals surface area contributed by atoms with E-state index in [0.717, 1.165) is 32.1 Å². The van der Waals surface area contributed by atoms with Crippen LogP contribution in [0.1, 0.15) is 47.7 Å². The topological polar surface area (TPSA) is 55.4 Å². The fourth-order valence-corrected chi connectivity index (χ4v) is 2.53. The van der Waals surface area contributed by atoms with Crippen LogP contribution in [0.25, 0.3) is 0 Å². The fraction of sp³-hybridized carbons (Fsp3) is 0.500. The standard InChI is InChI=1S/C16H19NO3/c1-10(15(18)17-14-7-8-14)20-16(19)13-6-5-11-3-2-4-12(11)9-13/h5-6,9-10,14H,2-4,7-8H2,1H3,(H,17,18). The normalized spacial score (nSPS) is 18.2. The fourth-order valence-electron chi connectivity index (χ4n) is 2.53. The van der Waals surface area contributed by atoms with E-state index < -0.39 is 12.1 Å². The van der Waals surface area contributed by atoms with Crippen molar-refractivity contribution in [3.63, 3.8) is 0 Å². The maximum Gasteiger partial charge on any atom is 0.338 e. The Bertz CT molecular complexity index is 549. The van der Waals surface area contributed by atoms with Crippen molar-refractivity contribution in [2.75, 3.05) is 0 Å². The molecule has 0 bridgehead atoms. The highest BCUT2D eigenvalue weighted by molar-refractivity contribution is 5.92. The molecule has 3 rings (SSSR count). The average molecular weight is 273 g/mol. The third kappa shape index (κ3) is 2.84. The van der Waals surface area contributed by atoms with E-state index in [1.54, 1.807) is 13.0 Å². The monoisotopic (exact) mass is 273 g/mol. The molecular weight excluding hydrogens is 254 g/mol. The van der Waals surface area contributed by atoms with Crippen molar-refractivity contribution in [3.8, 4) is 0 Å². The molecule has 20 heavy (non-hydrogen) atoms. The largest absolute Gasteiger partial charge is 0.449 e. The number of carbonyl (C=O) groups excluding carboxylic acids is 2. The van der Waals surface area contributed by atoms with E-state index >= 15 is 0 Å². The molecule has 4 heteroatoms. The number of hydrogen-bond donors (Lipinski definition) is 1. The predicted molar refractivity (Wildman–Crippen MR) is 74.5 cm³/mol. The van der Waals surface area contributed by atoms with Gasteiger partial charge in [-0.1, -0.05) is 6.07 Å². The van der Waals surface area contributed by atoms with Gasteiger partial charge in [0.2, 0.25) is 0 Å². The van der Waals surface area contributed by atoms with Crippen LogP contribution in [0.5, 0.6) is 0 Å². The number of hydrogen-bond acceptors (Lipinski definition) is 3. The summed E-state index contributed by atoms with van der Waals surface area (Å²) in [7, 11) is 0. The molecule has 2 aliphatic rings.